The van der Waals surface area contributed by atoms with E-state index in [1.807, 2.05) is 35.3 Å². The third kappa shape index (κ3) is 23.4. The summed E-state index contributed by atoms with van der Waals surface area (Å²) in [6.07, 6.45) is 0. The van der Waals surface area contributed by atoms with E-state index < -0.39 is 11.2 Å². The van der Waals surface area contributed by atoms with Crippen LogP contribution in [-0.4, -0.2) is 80.0 Å². The van der Waals surface area contributed by atoms with Crippen molar-refractivity contribution in [2.45, 2.75) is 0 Å². The highest BCUT2D eigenvalue weighted by molar-refractivity contribution is 8.27. The zero-order valence-corrected chi connectivity index (χ0v) is 22.6. The molecule has 0 saturated heterocycles. The van der Waals surface area contributed by atoms with E-state index in [0.717, 1.165) is 48.4 Å². The molecule has 0 aromatic rings. The lowest BCUT2D eigenvalue weighted by Crippen LogP contribution is -2.10. The summed E-state index contributed by atoms with van der Waals surface area (Å²) in [4.78, 5) is 11.7. The Morgan fingerprint density at radius 3 is 2.27 bits per heavy atom. The Bertz CT molecular complexity index is 314. The third-order valence-electron chi connectivity index (χ3n) is 2.25. The van der Waals surface area contributed by atoms with Crippen LogP contribution in [0.15, 0.2) is 0 Å². The van der Waals surface area contributed by atoms with E-state index in [1.54, 1.807) is 35.3 Å². The number of aliphatic hydroxyl groups is 1. The summed E-state index contributed by atoms with van der Waals surface area (Å²) in [5, 5.41) is 14.2. The van der Waals surface area contributed by atoms with Crippen molar-refractivity contribution in [3.05, 3.63) is 0 Å². The average Bonchev–Trinajstić information content (AvgIpc) is 2.64. The van der Waals surface area contributed by atoms with Crippen LogP contribution in [0.4, 0.5) is 0 Å². The Morgan fingerprint density at radius 1 is 0.885 bits per heavy atom. The molecular weight excluding hydrogens is 525 g/mol. The summed E-state index contributed by atoms with van der Waals surface area (Å²) in [7, 11) is 0. The van der Waals surface area contributed by atoms with Gasteiger partial charge in [0.05, 0.1) is 11.7 Å². The molecule has 0 aliphatic heterocycles. The summed E-state index contributed by atoms with van der Waals surface area (Å²) < 4.78 is 11.6. The third-order valence-corrected chi connectivity index (χ3v) is 13.8. The summed E-state index contributed by atoms with van der Waals surface area (Å²) in [6.45, 7) is 0. The van der Waals surface area contributed by atoms with Gasteiger partial charge in [-0.15, -0.1) is 70.6 Å². The molecular formula is C13H26O3S10. The van der Waals surface area contributed by atoms with Gasteiger partial charge in [0.25, 0.3) is 0 Å². The number of hydrogen-bond donors (Lipinski definition) is 2. The molecule has 0 fully saturated rings. The van der Waals surface area contributed by atoms with Gasteiger partial charge in [0, 0.05) is 42.7 Å². The zero-order chi connectivity index (χ0) is 19.3. The minimum atomic E-state index is -0.712. The minimum absolute atomic E-state index is 0.175. The van der Waals surface area contributed by atoms with Crippen LogP contribution in [0.1, 0.15) is 0 Å². The van der Waals surface area contributed by atoms with Crippen molar-refractivity contribution in [1.29, 1.82) is 0 Å². The molecule has 0 aromatic heterocycles. The highest BCUT2D eigenvalue weighted by Crippen LogP contribution is 2.23. The second-order valence-corrected chi connectivity index (χ2v) is 16.6. The number of thiol groups is 1. The van der Waals surface area contributed by atoms with Crippen LogP contribution in [0, 0.1) is 0 Å². The van der Waals surface area contributed by atoms with Gasteiger partial charge in [-0.05, 0) is 11.2 Å². The van der Waals surface area contributed by atoms with Crippen LogP contribution >= 0.6 is 107 Å². The van der Waals surface area contributed by atoms with Gasteiger partial charge in [-0.25, -0.2) is 0 Å². The molecule has 0 saturated carbocycles. The van der Waals surface area contributed by atoms with Crippen molar-refractivity contribution < 1.29 is 14.5 Å². The summed E-state index contributed by atoms with van der Waals surface area (Å²) >= 11 is 16.9. The van der Waals surface area contributed by atoms with Crippen molar-refractivity contribution in [3.8, 4) is 0 Å². The van der Waals surface area contributed by atoms with Crippen molar-refractivity contribution in [2.75, 3.05) is 65.2 Å². The molecule has 0 aliphatic rings. The van der Waals surface area contributed by atoms with Gasteiger partial charge in [-0.3, -0.25) is 4.79 Å². The smallest absolute Gasteiger partial charge is 0.199 e. The van der Waals surface area contributed by atoms with Crippen LogP contribution in [0.3, 0.4) is 0 Å². The first-order valence-electron chi connectivity index (χ1n) is 7.47. The standard InChI is InChI=1S/C13H26O3S10/c14-6-18-1-2-19-11-25-13(15)5-21-9-24-10-23-8-20-3-4-26(16)12-22-7-17/h14,17H,1-12H2. The largest absolute Gasteiger partial charge is 0.616 e. The maximum atomic E-state index is 11.7. The number of aliphatic hydroxyl groups excluding tert-OH is 1. The quantitative estimate of drug-likeness (QED) is 0.0955. The van der Waals surface area contributed by atoms with E-state index in [4.69, 9.17) is 5.11 Å². The lowest BCUT2D eigenvalue weighted by atomic mass is 10.9. The summed E-state index contributed by atoms with van der Waals surface area (Å²) in [5.41, 5.74) is 0. The molecule has 1 atom stereocenters. The first-order chi connectivity index (χ1) is 12.7. The number of hydrogen-bond acceptors (Lipinski definition) is 12. The molecule has 0 heterocycles. The van der Waals surface area contributed by atoms with Crippen molar-refractivity contribution in [2.24, 2.45) is 0 Å². The molecule has 1 N–H and O–H groups in total. The van der Waals surface area contributed by atoms with Gasteiger partial charge in [0.1, 0.15) is 5.75 Å². The lowest BCUT2D eigenvalue weighted by Gasteiger charge is -2.09. The number of rotatable bonds is 20. The molecule has 13 heteroatoms. The van der Waals surface area contributed by atoms with Crippen molar-refractivity contribution in [3.63, 3.8) is 0 Å². The number of thioether (sulfide) groups is 8. The molecule has 0 rings (SSSR count). The van der Waals surface area contributed by atoms with Gasteiger partial charge in [-0.1, -0.05) is 23.5 Å². The fourth-order valence-electron chi connectivity index (χ4n) is 1.16. The zero-order valence-electron chi connectivity index (χ0n) is 14.4. The number of carbonyl (C=O) groups excluding carboxylic acids is 1. The normalized spacial score (nSPS) is 12.4. The van der Waals surface area contributed by atoms with Crippen LogP contribution in [-0.2, 0) is 16.0 Å². The Hall–Kier alpha value is 3.09. The molecule has 0 amide bonds. The predicted molar refractivity (Wildman–Crippen MR) is 143 cm³/mol. The first-order valence-corrected chi connectivity index (χ1v) is 18.7. The predicted octanol–water partition coefficient (Wildman–Crippen LogP) is 4.75. The SMILES string of the molecule is O=C(CSCSCSCSCC[S+]([O-])CSCS)SCSCCSCO. The topological polar surface area (TPSA) is 60.4 Å². The van der Waals surface area contributed by atoms with Crippen molar-refractivity contribution >= 4 is 123 Å². The molecule has 0 bridgehead atoms. The molecule has 0 aliphatic carbocycles. The Labute approximate surface area is 200 Å². The molecule has 3 nitrogen and oxygen atoms in total. The maximum absolute atomic E-state index is 11.7. The highest BCUT2D eigenvalue weighted by Gasteiger charge is 2.05. The van der Waals surface area contributed by atoms with Crippen LogP contribution < -0.4 is 0 Å². The lowest BCUT2D eigenvalue weighted by molar-refractivity contribution is -0.108. The Balaban J connectivity index is 3.19. The maximum Gasteiger partial charge on any atom is 0.199 e. The molecule has 0 radical (unpaired) electrons. The second-order valence-electron chi connectivity index (χ2n) is 4.19. The molecule has 1 unspecified atom stereocenters. The van der Waals surface area contributed by atoms with Gasteiger partial charge in [0.2, 0.25) is 0 Å². The summed E-state index contributed by atoms with van der Waals surface area (Å²) in [5.74, 6) is 4.40. The summed E-state index contributed by atoms with van der Waals surface area (Å²) in [6, 6.07) is 0. The van der Waals surface area contributed by atoms with E-state index >= 15 is 0 Å². The van der Waals surface area contributed by atoms with Crippen LogP contribution in [0.2, 0.25) is 0 Å². The minimum Gasteiger partial charge on any atom is -0.616 e. The fraction of sp³-hybridized carbons (Fsp3) is 0.923. The first kappa shape index (κ1) is 29.1. The molecule has 156 valence electrons. The van der Waals surface area contributed by atoms with Gasteiger partial charge >= 0.3 is 0 Å². The van der Waals surface area contributed by atoms with Gasteiger partial charge in [0.15, 0.2) is 10.2 Å². The number of carbonyl (C=O) groups is 1. The van der Waals surface area contributed by atoms with Crippen LogP contribution in [0.5, 0.6) is 0 Å². The Kier molecular flexibility index (Phi) is 27.3. The molecule has 0 aromatic carbocycles. The molecule has 0 spiro atoms. The van der Waals surface area contributed by atoms with Gasteiger partial charge < -0.3 is 9.66 Å². The van der Waals surface area contributed by atoms with Crippen LogP contribution in [0.25, 0.3) is 0 Å². The van der Waals surface area contributed by atoms with Crippen molar-refractivity contribution in [1.82, 2.24) is 0 Å². The highest BCUT2D eigenvalue weighted by atomic mass is 32.3. The Morgan fingerprint density at radius 2 is 1.54 bits per heavy atom. The molecule has 26 heavy (non-hydrogen) atoms. The van der Waals surface area contributed by atoms with E-state index in [1.165, 1.54) is 23.5 Å². The monoisotopic (exact) mass is 550 g/mol. The van der Waals surface area contributed by atoms with E-state index in [0.29, 0.717) is 10.8 Å². The average molecular weight is 551 g/mol. The van der Waals surface area contributed by atoms with E-state index in [9.17, 15) is 9.35 Å². The van der Waals surface area contributed by atoms with E-state index in [-0.39, 0.29) is 11.1 Å². The van der Waals surface area contributed by atoms with Gasteiger partial charge in [-0.2, -0.15) is 12.6 Å². The van der Waals surface area contributed by atoms with E-state index in [2.05, 4.69) is 12.6 Å². The second kappa shape index (κ2) is 24.4. The fourth-order valence-corrected chi connectivity index (χ4v) is 11.7.